The first-order chi connectivity index (χ1) is 13.1. The third-order valence-corrected chi connectivity index (χ3v) is 7.20. The van der Waals surface area contributed by atoms with Crippen molar-refractivity contribution in [3.8, 4) is 0 Å². The zero-order valence-corrected chi connectivity index (χ0v) is 18.1. The summed E-state index contributed by atoms with van der Waals surface area (Å²) in [5, 5.41) is 0. The van der Waals surface area contributed by atoms with Gasteiger partial charge >= 0.3 is 0 Å². The van der Waals surface area contributed by atoms with Gasteiger partial charge < -0.3 is 9.47 Å². The summed E-state index contributed by atoms with van der Waals surface area (Å²) in [6, 6.07) is 5.56. The lowest BCUT2D eigenvalue weighted by Crippen LogP contribution is -2.36. The Morgan fingerprint density at radius 3 is 2.25 bits per heavy atom. The number of nitrogens with one attached hydrogen (secondary N) is 1. The Morgan fingerprint density at radius 2 is 1.64 bits per heavy atom. The number of nitrogens with zero attached hydrogens (tertiary/aromatic N) is 2. The van der Waals surface area contributed by atoms with Crippen molar-refractivity contribution < 1.29 is 13.2 Å². The van der Waals surface area contributed by atoms with Crippen molar-refractivity contribution in [2.45, 2.75) is 51.9 Å². The summed E-state index contributed by atoms with van der Waals surface area (Å²) in [6.07, 6.45) is 3.02. The summed E-state index contributed by atoms with van der Waals surface area (Å²) >= 11 is 0. The van der Waals surface area contributed by atoms with Crippen LogP contribution in [0.1, 0.15) is 52.1 Å². The van der Waals surface area contributed by atoms with Crippen LogP contribution in [0.25, 0.3) is 0 Å². The fraction of sp³-hybridized carbons (Fsp3) is 0.476. The molecule has 2 heterocycles. The number of hydrogen-bond acceptors (Lipinski definition) is 3. The summed E-state index contributed by atoms with van der Waals surface area (Å²) < 4.78 is 31.2. The van der Waals surface area contributed by atoms with Gasteiger partial charge in [0.05, 0.1) is 11.3 Å². The maximum atomic E-state index is 13.3. The number of rotatable bonds is 4. The van der Waals surface area contributed by atoms with E-state index in [0.717, 1.165) is 30.4 Å². The molecule has 2 aromatic rings. The molecule has 1 aliphatic rings. The van der Waals surface area contributed by atoms with E-state index in [1.165, 1.54) is 0 Å². The number of aromatic nitrogens is 1. The summed E-state index contributed by atoms with van der Waals surface area (Å²) in [5.41, 5.74) is 3.97. The van der Waals surface area contributed by atoms with Crippen molar-refractivity contribution >= 4 is 21.6 Å². The monoisotopic (exact) mass is 403 g/mol. The predicted octanol–water partition coefficient (Wildman–Crippen LogP) is 3.69. The second kappa shape index (κ2) is 7.62. The van der Waals surface area contributed by atoms with Crippen LogP contribution in [0.2, 0.25) is 0 Å². The van der Waals surface area contributed by atoms with E-state index >= 15 is 0 Å². The maximum absolute atomic E-state index is 13.3. The summed E-state index contributed by atoms with van der Waals surface area (Å²) in [6.45, 7) is 8.74. The molecule has 0 aliphatic carbocycles. The first-order valence-electron chi connectivity index (χ1n) is 9.68. The van der Waals surface area contributed by atoms with Crippen LogP contribution < -0.4 is 4.72 Å². The summed E-state index contributed by atoms with van der Waals surface area (Å²) in [4.78, 5) is 15.1. The minimum Gasteiger partial charge on any atom is -0.350 e. The molecule has 0 radical (unpaired) electrons. The van der Waals surface area contributed by atoms with Gasteiger partial charge in [-0.2, -0.15) is 0 Å². The third kappa shape index (κ3) is 3.68. The molecule has 1 amide bonds. The highest BCUT2D eigenvalue weighted by atomic mass is 32.2. The molecule has 1 N–H and O–H groups in total. The molecule has 7 heteroatoms. The number of sulfonamides is 1. The number of aryl methyl sites for hydroxylation is 2. The molecule has 1 saturated heterocycles. The predicted molar refractivity (Wildman–Crippen MR) is 111 cm³/mol. The van der Waals surface area contributed by atoms with Gasteiger partial charge in [-0.25, -0.2) is 8.42 Å². The van der Waals surface area contributed by atoms with Crippen molar-refractivity contribution in [2.24, 2.45) is 7.05 Å². The van der Waals surface area contributed by atoms with Gasteiger partial charge in [-0.1, -0.05) is 17.7 Å². The second-order valence-electron chi connectivity index (χ2n) is 7.71. The fourth-order valence-corrected chi connectivity index (χ4v) is 5.53. The van der Waals surface area contributed by atoms with Gasteiger partial charge in [-0.3, -0.25) is 9.52 Å². The normalized spacial score (nSPS) is 15.0. The number of amides is 1. The Balaban J connectivity index is 2.07. The molecular weight excluding hydrogens is 374 g/mol. The van der Waals surface area contributed by atoms with Crippen LogP contribution in [0.4, 0.5) is 5.69 Å². The van der Waals surface area contributed by atoms with Crippen molar-refractivity contribution in [1.29, 1.82) is 0 Å². The molecule has 152 valence electrons. The van der Waals surface area contributed by atoms with E-state index in [1.54, 1.807) is 36.4 Å². The lowest BCUT2D eigenvalue weighted by Gasteiger charge is -2.27. The molecular formula is C21H29N3O3S. The van der Waals surface area contributed by atoms with Crippen LogP contribution >= 0.6 is 0 Å². The van der Waals surface area contributed by atoms with Crippen LogP contribution in [0.15, 0.2) is 23.1 Å². The molecule has 1 aliphatic heterocycles. The summed E-state index contributed by atoms with van der Waals surface area (Å²) in [5.74, 6) is -0.193. The van der Waals surface area contributed by atoms with Crippen LogP contribution in [-0.2, 0) is 17.1 Å². The van der Waals surface area contributed by atoms with Crippen LogP contribution in [0, 0.1) is 27.7 Å². The van der Waals surface area contributed by atoms with E-state index in [9.17, 15) is 13.2 Å². The Bertz CT molecular complexity index is 1020. The molecule has 0 spiro atoms. The van der Waals surface area contributed by atoms with E-state index in [2.05, 4.69) is 4.72 Å². The highest BCUT2D eigenvalue weighted by molar-refractivity contribution is 7.92. The van der Waals surface area contributed by atoms with Gasteiger partial charge in [0.25, 0.3) is 15.9 Å². The molecule has 6 nitrogen and oxygen atoms in total. The van der Waals surface area contributed by atoms with Crippen molar-refractivity contribution in [1.82, 2.24) is 9.47 Å². The zero-order chi connectivity index (χ0) is 20.6. The molecule has 0 atom stereocenters. The van der Waals surface area contributed by atoms with Gasteiger partial charge in [0.1, 0.15) is 4.90 Å². The Hall–Kier alpha value is -2.28. The number of piperidine rings is 1. The van der Waals surface area contributed by atoms with Gasteiger partial charge in [0.15, 0.2) is 0 Å². The van der Waals surface area contributed by atoms with Gasteiger partial charge in [-0.05, 0) is 58.6 Å². The topological polar surface area (TPSA) is 71.4 Å². The van der Waals surface area contributed by atoms with Gasteiger partial charge in [-0.15, -0.1) is 0 Å². The molecule has 0 bridgehead atoms. The zero-order valence-electron chi connectivity index (χ0n) is 17.3. The molecule has 3 rings (SSSR count). The van der Waals surface area contributed by atoms with E-state index in [0.29, 0.717) is 35.7 Å². The average Bonchev–Trinajstić information content (AvgIpc) is 2.89. The van der Waals surface area contributed by atoms with Crippen LogP contribution in [0.3, 0.4) is 0 Å². The number of hydrogen-bond donors (Lipinski definition) is 1. The molecule has 1 aromatic carbocycles. The number of benzene rings is 1. The van der Waals surface area contributed by atoms with E-state index in [4.69, 9.17) is 0 Å². The van der Waals surface area contributed by atoms with Crippen molar-refractivity contribution in [2.75, 3.05) is 17.8 Å². The molecule has 1 aromatic heterocycles. The third-order valence-electron chi connectivity index (χ3n) is 5.68. The fourth-order valence-electron chi connectivity index (χ4n) is 3.88. The number of carbonyl (C=O) groups excluding carboxylic acids is 1. The van der Waals surface area contributed by atoms with E-state index in [-0.39, 0.29) is 10.8 Å². The highest BCUT2D eigenvalue weighted by Crippen LogP contribution is 2.30. The number of carbonyl (C=O) groups is 1. The Morgan fingerprint density at radius 1 is 1.00 bits per heavy atom. The van der Waals surface area contributed by atoms with E-state index in [1.807, 2.05) is 26.0 Å². The Kier molecular flexibility index (Phi) is 5.57. The Labute approximate surface area is 167 Å². The largest absolute Gasteiger partial charge is 0.350 e. The number of anilines is 1. The molecule has 0 unspecified atom stereocenters. The van der Waals surface area contributed by atoms with Gasteiger partial charge in [0, 0.05) is 31.5 Å². The smallest absolute Gasteiger partial charge is 0.264 e. The van der Waals surface area contributed by atoms with Crippen molar-refractivity contribution in [3.05, 3.63) is 46.3 Å². The lowest BCUT2D eigenvalue weighted by molar-refractivity contribution is 0.0720. The lowest BCUT2D eigenvalue weighted by atomic mass is 10.1. The standard InChI is InChI=1S/C21H29N3O3S/c1-14-9-10-18(15(2)13-14)22-28(26,27)20-17(4)23(5)16(3)19(20)21(25)24-11-7-6-8-12-24/h9-10,13,22H,6-8,11-12H2,1-5H3. The van der Waals surface area contributed by atoms with E-state index < -0.39 is 10.0 Å². The number of likely N-dealkylation sites (tertiary alicyclic amines) is 1. The minimum atomic E-state index is -3.91. The van der Waals surface area contributed by atoms with Crippen LogP contribution in [0.5, 0.6) is 0 Å². The van der Waals surface area contributed by atoms with Gasteiger partial charge in [0.2, 0.25) is 0 Å². The first kappa shape index (κ1) is 20.5. The maximum Gasteiger partial charge on any atom is 0.264 e. The molecule has 28 heavy (non-hydrogen) atoms. The second-order valence-corrected chi connectivity index (χ2v) is 9.33. The molecule has 0 saturated carbocycles. The van der Waals surface area contributed by atoms with Crippen LogP contribution in [-0.4, -0.2) is 36.9 Å². The highest BCUT2D eigenvalue weighted by Gasteiger charge is 2.33. The SMILES string of the molecule is Cc1ccc(NS(=O)(=O)c2c(C(=O)N3CCCCC3)c(C)n(C)c2C)c(C)c1. The summed E-state index contributed by atoms with van der Waals surface area (Å²) in [7, 11) is -2.11. The van der Waals surface area contributed by atoms with Crippen molar-refractivity contribution in [3.63, 3.8) is 0 Å². The quantitative estimate of drug-likeness (QED) is 0.846. The average molecular weight is 404 g/mol. The first-order valence-corrected chi connectivity index (χ1v) is 11.2. The molecule has 1 fully saturated rings. The minimum absolute atomic E-state index is 0.0862.